The molecular weight excluding hydrogens is 418 g/mol. The average Bonchev–Trinajstić information content (AvgIpc) is 3.39. The Morgan fingerprint density at radius 2 is 2.03 bits per heavy atom. The lowest BCUT2D eigenvalue weighted by Crippen LogP contribution is -2.21. The summed E-state index contributed by atoms with van der Waals surface area (Å²) < 4.78 is 26.8. The van der Waals surface area contributed by atoms with Crippen LogP contribution in [-0.2, 0) is 14.5 Å². The van der Waals surface area contributed by atoms with Gasteiger partial charge in [0.15, 0.2) is 11.5 Å². The second kappa shape index (κ2) is 7.84. The van der Waals surface area contributed by atoms with Crippen molar-refractivity contribution in [3.8, 4) is 11.4 Å². The highest BCUT2D eigenvalue weighted by Crippen LogP contribution is 2.31. The number of nitrogens with one attached hydrogen (secondary N) is 2. The fourth-order valence-corrected chi connectivity index (χ4v) is 4.48. The van der Waals surface area contributed by atoms with Gasteiger partial charge in [-0.2, -0.15) is 8.42 Å². The van der Waals surface area contributed by atoms with Crippen LogP contribution in [0.3, 0.4) is 0 Å². The molecule has 1 aromatic carbocycles. The Bertz CT molecular complexity index is 1350. The number of H-pyrrole nitrogens is 1. The normalized spacial score (nSPS) is 19.3. The number of benzene rings is 1. The van der Waals surface area contributed by atoms with E-state index in [1.165, 1.54) is 6.33 Å². The molecule has 0 saturated heterocycles. The highest BCUT2D eigenvalue weighted by Gasteiger charge is 2.27. The van der Waals surface area contributed by atoms with E-state index in [0.29, 0.717) is 17.3 Å². The van der Waals surface area contributed by atoms with E-state index in [0.717, 1.165) is 41.2 Å². The summed E-state index contributed by atoms with van der Waals surface area (Å²) in [6, 6.07) is 10.0. The predicted molar refractivity (Wildman–Crippen MR) is 116 cm³/mol. The molecular formula is C20H21N7O3S. The van der Waals surface area contributed by atoms with Gasteiger partial charge in [-0.1, -0.05) is 18.2 Å². The van der Waals surface area contributed by atoms with Crippen molar-refractivity contribution < 1.29 is 12.6 Å². The van der Waals surface area contributed by atoms with Gasteiger partial charge in [0.05, 0.1) is 12.1 Å². The first-order valence-electron chi connectivity index (χ1n) is 9.95. The molecule has 1 aliphatic rings. The smallest absolute Gasteiger partial charge is 0.333 e. The standard InChI is InChI=1S/C20H21N7O3S/c21-31(28,29)30-10-12-6-7-14(9-12)25-19-17-20(24-11-23-19)27-18(26-17)15-5-1-3-13-4-2-8-22-16(13)15/h1-5,8,11-12,14H,6-7,9-10H2,(H2,21,28,29)(H2,23,24,25,26,27)/t12-,14-/m0/s1. The second-order valence-electron chi connectivity index (χ2n) is 7.68. The number of imidazole rings is 1. The van der Waals surface area contributed by atoms with Crippen molar-refractivity contribution in [2.45, 2.75) is 25.3 Å². The number of hydrogen-bond acceptors (Lipinski definition) is 8. The number of rotatable bonds is 6. The third-order valence-electron chi connectivity index (χ3n) is 5.53. The fraction of sp³-hybridized carbons (Fsp3) is 0.300. The third kappa shape index (κ3) is 4.20. The molecule has 1 saturated carbocycles. The minimum absolute atomic E-state index is 0.0957. The molecule has 10 nitrogen and oxygen atoms in total. The van der Waals surface area contributed by atoms with Crippen molar-refractivity contribution in [2.24, 2.45) is 11.1 Å². The molecule has 0 aliphatic heterocycles. The van der Waals surface area contributed by atoms with Gasteiger partial charge in [0.2, 0.25) is 0 Å². The Balaban J connectivity index is 1.39. The summed E-state index contributed by atoms with van der Waals surface area (Å²) >= 11 is 0. The van der Waals surface area contributed by atoms with Crippen LogP contribution in [0.2, 0.25) is 0 Å². The van der Waals surface area contributed by atoms with Gasteiger partial charge in [-0.15, -0.1) is 0 Å². The number of aromatic amines is 1. The largest absolute Gasteiger partial charge is 0.365 e. The van der Waals surface area contributed by atoms with Crippen molar-refractivity contribution in [3.63, 3.8) is 0 Å². The zero-order valence-corrected chi connectivity index (χ0v) is 17.3. The molecule has 3 heterocycles. The molecule has 0 radical (unpaired) electrons. The van der Waals surface area contributed by atoms with Crippen molar-refractivity contribution in [2.75, 3.05) is 11.9 Å². The molecule has 1 aliphatic carbocycles. The summed E-state index contributed by atoms with van der Waals surface area (Å²) in [5, 5.41) is 9.39. The molecule has 0 unspecified atom stereocenters. The van der Waals surface area contributed by atoms with Crippen LogP contribution in [0.1, 0.15) is 19.3 Å². The Labute approximate surface area is 178 Å². The van der Waals surface area contributed by atoms with Crippen molar-refractivity contribution in [1.82, 2.24) is 24.9 Å². The lowest BCUT2D eigenvalue weighted by Gasteiger charge is -2.14. The molecule has 3 aromatic heterocycles. The zero-order chi connectivity index (χ0) is 21.4. The van der Waals surface area contributed by atoms with Crippen LogP contribution in [0.5, 0.6) is 0 Å². The van der Waals surface area contributed by atoms with Gasteiger partial charge in [-0.3, -0.25) is 9.17 Å². The molecule has 4 aromatic rings. The summed E-state index contributed by atoms with van der Waals surface area (Å²) in [4.78, 5) is 21.2. The van der Waals surface area contributed by atoms with Gasteiger partial charge in [0.1, 0.15) is 17.7 Å². The van der Waals surface area contributed by atoms with E-state index >= 15 is 0 Å². The Morgan fingerprint density at radius 1 is 1.16 bits per heavy atom. The highest BCUT2D eigenvalue weighted by atomic mass is 32.2. The van der Waals surface area contributed by atoms with Gasteiger partial charge in [0.25, 0.3) is 0 Å². The number of nitrogens with two attached hydrogens (primary N) is 1. The van der Waals surface area contributed by atoms with Crippen LogP contribution >= 0.6 is 0 Å². The first-order chi connectivity index (χ1) is 15.0. The fourth-order valence-electron chi connectivity index (χ4n) is 4.10. The van der Waals surface area contributed by atoms with Crippen molar-refractivity contribution >= 4 is 38.2 Å². The zero-order valence-electron chi connectivity index (χ0n) is 16.5. The quantitative estimate of drug-likeness (QED) is 0.414. The number of para-hydroxylation sites is 1. The maximum atomic E-state index is 11.0. The Morgan fingerprint density at radius 3 is 2.90 bits per heavy atom. The van der Waals surface area contributed by atoms with Crippen LogP contribution in [0.25, 0.3) is 33.5 Å². The van der Waals surface area contributed by atoms with Crippen molar-refractivity contribution in [3.05, 3.63) is 42.9 Å². The predicted octanol–water partition coefficient (Wildman–Crippen LogP) is 2.37. The summed E-state index contributed by atoms with van der Waals surface area (Å²) in [5.74, 6) is 1.45. The summed E-state index contributed by atoms with van der Waals surface area (Å²) in [7, 11) is -3.92. The number of hydrogen-bond donors (Lipinski definition) is 3. The van der Waals surface area contributed by atoms with Gasteiger partial charge >= 0.3 is 10.3 Å². The first kappa shape index (κ1) is 19.8. The molecule has 0 spiro atoms. The second-order valence-corrected chi connectivity index (χ2v) is 8.91. The average molecular weight is 440 g/mol. The molecule has 2 atom stereocenters. The maximum absolute atomic E-state index is 11.0. The summed E-state index contributed by atoms with van der Waals surface area (Å²) in [6.07, 6.45) is 5.72. The summed E-state index contributed by atoms with van der Waals surface area (Å²) in [6.45, 7) is 0.0957. The third-order valence-corrected chi connectivity index (χ3v) is 5.99. The van der Waals surface area contributed by atoms with Crippen LogP contribution in [0, 0.1) is 5.92 Å². The molecule has 5 rings (SSSR count). The minimum atomic E-state index is -3.92. The van der Waals surface area contributed by atoms with Crippen molar-refractivity contribution in [1.29, 1.82) is 0 Å². The molecule has 160 valence electrons. The summed E-state index contributed by atoms with van der Waals surface area (Å²) in [5.41, 5.74) is 3.03. The number of pyridine rings is 1. The Hall–Kier alpha value is -3.15. The monoisotopic (exact) mass is 439 g/mol. The highest BCUT2D eigenvalue weighted by molar-refractivity contribution is 7.84. The first-order valence-corrected chi connectivity index (χ1v) is 11.4. The van der Waals surface area contributed by atoms with Crippen LogP contribution < -0.4 is 10.5 Å². The number of nitrogens with zero attached hydrogens (tertiary/aromatic N) is 4. The number of aromatic nitrogens is 5. The van der Waals surface area contributed by atoms with Crippen LogP contribution in [0.15, 0.2) is 42.9 Å². The van der Waals surface area contributed by atoms with Gasteiger partial charge < -0.3 is 10.3 Å². The van der Waals surface area contributed by atoms with E-state index in [2.05, 4.69) is 30.2 Å². The minimum Gasteiger partial charge on any atom is -0.365 e. The van der Waals surface area contributed by atoms with E-state index in [1.54, 1.807) is 6.20 Å². The van der Waals surface area contributed by atoms with E-state index in [-0.39, 0.29) is 18.6 Å². The van der Waals surface area contributed by atoms with Crippen LogP contribution in [-0.4, -0.2) is 46.0 Å². The van der Waals surface area contributed by atoms with Gasteiger partial charge in [-0.25, -0.2) is 20.1 Å². The lowest BCUT2D eigenvalue weighted by atomic mass is 10.1. The molecule has 4 N–H and O–H groups in total. The van der Waals surface area contributed by atoms with E-state index < -0.39 is 10.3 Å². The number of anilines is 1. The van der Waals surface area contributed by atoms with E-state index in [4.69, 9.17) is 9.32 Å². The van der Waals surface area contributed by atoms with E-state index in [1.807, 2.05) is 30.3 Å². The lowest BCUT2D eigenvalue weighted by molar-refractivity contribution is 0.256. The molecule has 1 fully saturated rings. The molecule has 0 amide bonds. The SMILES string of the molecule is NS(=O)(=O)OC[C@H]1CC[C@H](Nc2ncnc3nc(-c4cccc5cccnc45)[nH]c23)C1. The Kier molecular flexibility index (Phi) is 5.00. The van der Waals surface area contributed by atoms with Crippen LogP contribution in [0.4, 0.5) is 5.82 Å². The maximum Gasteiger partial charge on any atom is 0.333 e. The molecule has 31 heavy (non-hydrogen) atoms. The molecule has 0 bridgehead atoms. The van der Waals surface area contributed by atoms with Gasteiger partial charge in [-0.05, 0) is 37.3 Å². The topological polar surface area (TPSA) is 149 Å². The number of fused-ring (bicyclic) bond motifs is 2. The van der Waals surface area contributed by atoms with E-state index in [9.17, 15) is 8.42 Å². The molecule has 11 heteroatoms. The van der Waals surface area contributed by atoms with Gasteiger partial charge in [0, 0.05) is 23.2 Å².